The summed E-state index contributed by atoms with van der Waals surface area (Å²) < 4.78 is 0. The minimum Gasteiger partial charge on any atom is -0.275 e. The second kappa shape index (κ2) is 2.76. The number of nitrogens with zero attached hydrogens (tertiary/aromatic N) is 1. The van der Waals surface area contributed by atoms with Gasteiger partial charge in [-0.15, -0.1) is 0 Å². The van der Waals surface area contributed by atoms with Crippen LogP contribution in [-0.2, 0) is 4.79 Å². The smallest absolute Gasteiger partial charge is 0.275 e. The van der Waals surface area contributed by atoms with Crippen molar-refractivity contribution in [2.45, 2.75) is 26.0 Å². The molecule has 0 radical (unpaired) electrons. The van der Waals surface area contributed by atoms with Crippen LogP contribution in [0.25, 0.3) is 0 Å². The summed E-state index contributed by atoms with van der Waals surface area (Å²) in [7, 11) is 1.53. The molecule has 1 rings (SSSR count). The van der Waals surface area contributed by atoms with Crippen LogP contribution in [-0.4, -0.2) is 28.3 Å². The van der Waals surface area contributed by atoms with Crippen LogP contribution in [0.15, 0.2) is 0 Å². The Labute approximate surface area is 76.5 Å². The standard InChI is InChI=1S/C8H13NO2S/c1-8(2,3)5-6(10)9(4)7(11)12-5/h5H,1-4H3. The zero-order valence-corrected chi connectivity index (χ0v) is 8.57. The molecule has 0 aromatic carbocycles. The van der Waals surface area contributed by atoms with E-state index < -0.39 is 0 Å². The molecule has 1 heterocycles. The predicted molar refractivity (Wildman–Crippen MR) is 49.0 cm³/mol. The van der Waals surface area contributed by atoms with Crippen molar-refractivity contribution in [3.63, 3.8) is 0 Å². The quantitative estimate of drug-likeness (QED) is 0.579. The molecule has 1 saturated heterocycles. The zero-order chi connectivity index (χ0) is 9.52. The van der Waals surface area contributed by atoms with E-state index in [1.54, 1.807) is 0 Å². The molecule has 1 aliphatic heterocycles. The minimum absolute atomic E-state index is 0.0718. The molecule has 3 nitrogen and oxygen atoms in total. The SMILES string of the molecule is CN1C(=O)SC(C(C)(C)C)C1=O. The van der Waals surface area contributed by atoms with Crippen LogP contribution in [0.3, 0.4) is 0 Å². The van der Waals surface area contributed by atoms with E-state index in [9.17, 15) is 9.59 Å². The van der Waals surface area contributed by atoms with E-state index in [0.29, 0.717) is 0 Å². The van der Waals surface area contributed by atoms with Crippen molar-refractivity contribution in [3.05, 3.63) is 0 Å². The molecule has 12 heavy (non-hydrogen) atoms. The monoisotopic (exact) mass is 187 g/mol. The average Bonchev–Trinajstić information content (AvgIpc) is 2.15. The summed E-state index contributed by atoms with van der Waals surface area (Å²) in [5.41, 5.74) is -0.137. The van der Waals surface area contributed by atoms with Gasteiger partial charge in [-0.3, -0.25) is 14.5 Å². The maximum Gasteiger partial charge on any atom is 0.288 e. The van der Waals surface area contributed by atoms with Crippen molar-refractivity contribution in [2.24, 2.45) is 5.41 Å². The van der Waals surface area contributed by atoms with Crippen LogP contribution >= 0.6 is 11.8 Å². The van der Waals surface area contributed by atoms with E-state index in [0.717, 1.165) is 11.8 Å². The molecule has 4 heteroatoms. The second-order valence-corrected chi connectivity index (χ2v) is 5.08. The number of amides is 2. The van der Waals surface area contributed by atoms with Gasteiger partial charge in [0.1, 0.15) is 0 Å². The highest BCUT2D eigenvalue weighted by Crippen LogP contribution is 2.37. The van der Waals surface area contributed by atoms with E-state index in [-0.39, 0.29) is 21.8 Å². The highest BCUT2D eigenvalue weighted by atomic mass is 32.2. The van der Waals surface area contributed by atoms with E-state index in [2.05, 4.69) is 0 Å². The Morgan fingerprint density at radius 3 is 2.00 bits per heavy atom. The Balaban J connectivity index is 2.86. The molecule has 68 valence electrons. The van der Waals surface area contributed by atoms with Crippen molar-refractivity contribution >= 4 is 22.9 Å². The predicted octanol–water partition coefficient (Wildman–Crippen LogP) is 1.73. The highest BCUT2D eigenvalue weighted by Gasteiger charge is 2.43. The van der Waals surface area contributed by atoms with Crippen LogP contribution in [0, 0.1) is 5.41 Å². The lowest BCUT2D eigenvalue weighted by Gasteiger charge is -2.22. The summed E-state index contributed by atoms with van der Waals surface area (Å²) in [6.07, 6.45) is 0. The van der Waals surface area contributed by atoms with Gasteiger partial charge in [0.05, 0.1) is 5.25 Å². The second-order valence-electron chi connectivity index (χ2n) is 4.03. The van der Waals surface area contributed by atoms with Gasteiger partial charge in [0.25, 0.3) is 5.24 Å². The summed E-state index contributed by atoms with van der Waals surface area (Å²) >= 11 is 1.13. The summed E-state index contributed by atoms with van der Waals surface area (Å²) in [6.45, 7) is 5.90. The summed E-state index contributed by atoms with van der Waals surface area (Å²) in [6, 6.07) is 0. The fraction of sp³-hybridized carbons (Fsp3) is 0.750. The maximum absolute atomic E-state index is 11.4. The number of thioether (sulfide) groups is 1. The molecule has 0 aromatic rings. The van der Waals surface area contributed by atoms with Gasteiger partial charge >= 0.3 is 0 Å². The van der Waals surface area contributed by atoms with Crippen LogP contribution in [0.5, 0.6) is 0 Å². The number of hydrogen-bond donors (Lipinski definition) is 0. The molecule has 0 bridgehead atoms. The Morgan fingerprint density at radius 1 is 1.33 bits per heavy atom. The first-order valence-electron chi connectivity index (χ1n) is 3.82. The molecular formula is C8H13NO2S. The molecule has 0 spiro atoms. The topological polar surface area (TPSA) is 37.4 Å². The van der Waals surface area contributed by atoms with Crippen molar-refractivity contribution in [3.8, 4) is 0 Å². The van der Waals surface area contributed by atoms with Gasteiger partial charge in [-0.25, -0.2) is 0 Å². The first kappa shape index (κ1) is 9.58. The number of carbonyl (C=O) groups excluding carboxylic acids is 2. The van der Waals surface area contributed by atoms with Gasteiger partial charge in [0.15, 0.2) is 0 Å². The average molecular weight is 187 g/mol. The normalized spacial score (nSPS) is 25.3. The number of imide groups is 1. The van der Waals surface area contributed by atoms with Gasteiger partial charge < -0.3 is 0 Å². The lowest BCUT2D eigenvalue weighted by atomic mass is 9.91. The zero-order valence-electron chi connectivity index (χ0n) is 7.75. The van der Waals surface area contributed by atoms with Crippen molar-refractivity contribution in [1.82, 2.24) is 4.90 Å². The summed E-state index contributed by atoms with van der Waals surface area (Å²) in [5, 5.41) is -0.352. The van der Waals surface area contributed by atoms with Gasteiger partial charge in [0.2, 0.25) is 5.91 Å². The molecule has 0 N–H and O–H groups in total. The van der Waals surface area contributed by atoms with E-state index in [1.165, 1.54) is 11.9 Å². The summed E-state index contributed by atoms with van der Waals surface area (Å²) in [5.74, 6) is -0.0718. The third-order valence-corrected chi connectivity index (χ3v) is 3.45. The molecule has 2 amide bonds. The Kier molecular flexibility index (Phi) is 2.21. The number of hydrogen-bond acceptors (Lipinski definition) is 3. The maximum atomic E-state index is 11.4. The molecule has 1 fully saturated rings. The lowest BCUT2D eigenvalue weighted by molar-refractivity contribution is -0.127. The molecule has 0 aliphatic carbocycles. The van der Waals surface area contributed by atoms with Crippen LogP contribution in [0.1, 0.15) is 20.8 Å². The van der Waals surface area contributed by atoms with Gasteiger partial charge in [-0.05, 0) is 5.41 Å². The van der Waals surface area contributed by atoms with Crippen molar-refractivity contribution in [1.29, 1.82) is 0 Å². The molecule has 1 atom stereocenters. The number of rotatable bonds is 0. The Bertz CT molecular complexity index is 232. The largest absolute Gasteiger partial charge is 0.288 e. The van der Waals surface area contributed by atoms with E-state index >= 15 is 0 Å². The van der Waals surface area contributed by atoms with Crippen LogP contribution < -0.4 is 0 Å². The Hall–Kier alpha value is -0.510. The molecule has 0 saturated carbocycles. The molecule has 1 unspecified atom stereocenters. The fourth-order valence-electron chi connectivity index (χ4n) is 1.04. The third-order valence-electron chi connectivity index (χ3n) is 1.83. The minimum atomic E-state index is -0.213. The molecule has 1 aliphatic rings. The fourth-order valence-corrected chi connectivity index (χ4v) is 2.11. The molecular weight excluding hydrogens is 174 g/mol. The van der Waals surface area contributed by atoms with Crippen LogP contribution in [0.4, 0.5) is 4.79 Å². The van der Waals surface area contributed by atoms with Gasteiger partial charge in [0, 0.05) is 7.05 Å². The lowest BCUT2D eigenvalue weighted by Crippen LogP contribution is -2.34. The first-order chi connectivity index (χ1) is 5.34. The van der Waals surface area contributed by atoms with Gasteiger partial charge in [-0.1, -0.05) is 32.5 Å². The highest BCUT2D eigenvalue weighted by molar-refractivity contribution is 8.15. The first-order valence-corrected chi connectivity index (χ1v) is 4.70. The number of carbonyl (C=O) groups is 2. The van der Waals surface area contributed by atoms with Crippen molar-refractivity contribution in [2.75, 3.05) is 7.05 Å². The van der Waals surface area contributed by atoms with Crippen LogP contribution in [0.2, 0.25) is 0 Å². The van der Waals surface area contributed by atoms with Gasteiger partial charge in [-0.2, -0.15) is 0 Å². The molecule has 0 aromatic heterocycles. The summed E-state index contributed by atoms with van der Waals surface area (Å²) in [4.78, 5) is 23.8. The van der Waals surface area contributed by atoms with Crippen molar-refractivity contribution < 1.29 is 9.59 Å². The van der Waals surface area contributed by atoms with E-state index in [4.69, 9.17) is 0 Å². The van der Waals surface area contributed by atoms with E-state index in [1.807, 2.05) is 20.8 Å². The Morgan fingerprint density at radius 2 is 1.83 bits per heavy atom. The third kappa shape index (κ3) is 1.48.